The van der Waals surface area contributed by atoms with Crippen LogP contribution in [0.3, 0.4) is 0 Å². The minimum atomic E-state index is -4.64. The van der Waals surface area contributed by atoms with Crippen LogP contribution < -0.4 is 11.5 Å². The Labute approximate surface area is 282 Å². The highest BCUT2D eigenvalue weighted by molar-refractivity contribution is 14.1. The Morgan fingerprint density at radius 2 is 1.15 bits per heavy atom. The third-order valence-electron chi connectivity index (χ3n) is 7.25. The number of nitrogens with two attached hydrogens (primary N) is 2. The van der Waals surface area contributed by atoms with E-state index in [1.54, 1.807) is 66.7 Å². The molecule has 0 atom stereocenters. The summed E-state index contributed by atoms with van der Waals surface area (Å²) in [6.45, 7) is 0. The predicted molar refractivity (Wildman–Crippen MR) is 189 cm³/mol. The van der Waals surface area contributed by atoms with Gasteiger partial charge in [0.15, 0.2) is 0 Å². The second-order valence-electron chi connectivity index (χ2n) is 10.3. The molecule has 6 aromatic rings. The van der Waals surface area contributed by atoms with Crippen molar-refractivity contribution >= 4 is 98.5 Å². The number of halogens is 1. The maximum absolute atomic E-state index is 12.2. The summed E-state index contributed by atoms with van der Waals surface area (Å²) in [5.41, 5.74) is 15.5. The van der Waals surface area contributed by atoms with Gasteiger partial charge in [0.2, 0.25) is 0 Å². The standard InChI is InChI=1S/C32H23IN6O6S2/c33-26-15-20(37-38-28-17-30(46(40,41)42)23-6-2-3-7-24(23)31(28)35)13-14-21(26)18-9-11-19(12-10-18)36-39-29-16-27(34)22-5-1-4-8-25(22)32(29)47(43,44)45/h1-17H,34-35H2,(H,40,41,42)(H,43,44,45)/i33-4. The van der Waals surface area contributed by atoms with E-state index in [0.29, 0.717) is 27.8 Å². The molecule has 0 saturated carbocycles. The number of benzene rings is 6. The highest BCUT2D eigenvalue weighted by Crippen LogP contribution is 2.39. The first kappa shape index (κ1) is 32.1. The van der Waals surface area contributed by atoms with Crippen LogP contribution in [0.2, 0.25) is 0 Å². The molecule has 47 heavy (non-hydrogen) atoms. The minimum absolute atomic E-state index is 0.0910. The highest BCUT2D eigenvalue weighted by Gasteiger charge is 2.22. The number of hydrogen-bond donors (Lipinski definition) is 4. The van der Waals surface area contributed by atoms with Gasteiger partial charge in [-0.1, -0.05) is 66.7 Å². The predicted octanol–water partition coefficient (Wildman–Crippen LogP) is 8.75. The fourth-order valence-corrected chi connectivity index (χ4v) is 7.43. The number of azo groups is 2. The number of nitrogens with zero attached hydrogens (tertiary/aromatic N) is 4. The van der Waals surface area contributed by atoms with Gasteiger partial charge >= 0.3 is 0 Å². The Morgan fingerprint density at radius 3 is 1.79 bits per heavy atom. The van der Waals surface area contributed by atoms with Gasteiger partial charge in [0.1, 0.15) is 21.2 Å². The summed E-state index contributed by atoms with van der Waals surface area (Å²) in [7, 11) is -9.18. The average Bonchev–Trinajstić information content (AvgIpc) is 3.03. The summed E-state index contributed by atoms with van der Waals surface area (Å²) in [5.74, 6) is 0. The highest BCUT2D eigenvalue weighted by atomic mass is 123. The molecule has 0 heterocycles. The zero-order valence-electron chi connectivity index (χ0n) is 24.0. The van der Waals surface area contributed by atoms with Gasteiger partial charge in [0.05, 0.1) is 17.1 Å². The minimum Gasteiger partial charge on any atom is -0.398 e. The number of rotatable bonds is 7. The van der Waals surface area contributed by atoms with Crippen molar-refractivity contribution in [1.29, 1.82) is 0 Å². The van der Waals surface area contributed by atoms with Crippen LogP contribution in [0.1, 0.15) is 0 Å². The molecule has 6 rings (SSSR count). The summed E-state index contributed by atoms with van der Waals surface area (Å²) in [6.07, 6.45) is 0. The quantitative estimate of drug-likeness (QED) is 0.0532. The van der Waals surface area contributed by atoms with E-state index >= 15 is 0 Å². The maximum Gasteiger partial charge on any atom is 0.297 e. The molecule has 0 unspecified atom stereocenters. The van der Waals surface area contributed by atoms with Crippen molar-refractivity contribution in [2.45, 2.75) is 9.79 Å². The number of anilines is 2. The van der Waals surface area contributed by atoms with Crippen LogP contribution in [-0.2, 0) is 20.2 Å². The molecule has 6 aromatic carbocycles. The molecule has 6 N–H and O–H groups in total. The van der Waals surface area contributed by atoms with Gasteiger partial charge in [0.25, 0.3) is 20.2 Å². The van der Waals surface area contributed by atoms with Gasteiger partial charge in [-0.25, -0.2) is 0 Å². The first-order valence-electron chi connectivity index (χ1n) is 13.6. The molecule has 12 nitrogen and oxygen atoms in total. The third-order valence-corrected chi connectivity index (χ3v) is 9.98. The Balaban J connectivity index is 1.26. The smallest absolute Gasteiger partial charge is 0.297 e. The fourth-order valence-electron chi connectivity index (χ4n) is 5.08. The lowest BCUT2D eigenvalue weighted by molar-refractivity contribution is 0.482. The van der Waals surface area contributed by atoms with E-state index in [1.807, 2.05) is 18.2 Å². The average molecular weight is 775 g/mol. The molecule has 0 aliphatic heterocycles. The topological polar surface area (TPSA) is 210 Å². The SMILES string of the molecule is Nc1cc(N=Nc2ccc(-c3ccc(N=Nc4cc(S(=O)(=O)O)c5ccccc5c4N)cc3[123I])cc2)c(S(=O)(=O)O)c2ccccc12. The largest absolute Gasteiger partial charge is 0.398 e. The van der Waals surface area contributed by atoms with Gasteiger partial charge in [-0.15, -0.1) is 10.2 Å². The van der Waals surface area contributed by atoms with Gasteiger partial charge in [-0.3, -0.25) is 9.11 Å². The first-order valence-corrected chi connectivity index (χ1v) is 17.6. The lowest BCUT2D eigenvalue weighted by Gasteiger charge is -2.10. The molecule has 0 aliphatic carbocycles. The lowest BCUT2D eigenvalue weighted by atomic mass is 10.1. The molecule has 0 radical (unpaired) electrons. The summed E-state index contributed by atoms with van der Waals surface area (Å²) >= 11 is 2.16. The van der Waals surface area contributed by atoms with Crippen LogP contribution in [-0.4, -0.2) is 25.9 Å². The summed E-state index contributed by atoms with van der Waals surface area (Å²) in [6, 6.07) is 28.0. The maximum atomic E-state index is 12.2. The van der Waals surface area contributed by atoms with E-state index in [9.17, 15) is 25.9 Å². The van der Waals surface area contributed by atoms with Crippen LogP contribution in [0.15, 0.2) is 133 Å². The van der Waals surface area contributed by atoms with Gasteiger partial charge in [0, 0.05) is 30.8 Å². The fraction of sp³-hybridized carbons (Fsp3) is 0. The van der Waals surface area contributed by atoms with E-state index in [-0.39, 0.29) is 37.6 Å². The summed E-state index contributed by atoms with van der Waals surface area (Å²) in [5, 5.41) is 18.1. The molecule has 15 heteroatoms. The summed E-state index contributed by atoms with van der Waals surface area (Å²) in [4.78, 5) is -0.693. The normalized spacial score (nSPS) is 12.5. The summed E-state index contributed by atoms with van der Waals surface area (Å²) < 4.78 is 69.0. The molecule has 236 valence electrons. The molecular weight excluding hydrogens is 751 g/mol. The number of nitrogen functional groups attached to an aromatic ring is 2. The van der Waals surface area contributed by atoms with Crippen molar-refractivity contribution in [3.05, 3.63) is 107 Å². The van der Waals surface area contributed by atoms with E-state index in [4.69, 9.17) is 11.5 Å². The van der Waals surface area contributed by atoms with Crippen LogP contribution in [0.5, 0.6) is 0 Å². The second kappa shape index (κ2) is 12.4. The van der Waals surface area contributed by atoms with Gasteiger partial charge in [-0.05, 0) is 70.1 Å². The number of hydrogen-bond acceptors (Lipinski definition) is 10. The van der Waals surface area contributed by atoms with Crippen LogP contribution in [0, 0.1) is 3.57 Å². The Morgan fingerprint density at radius 1 is 0.574 bits per heavy atom. The molecule has 0 amide bonds. The van der Waals surface area contributed by atoms with Crippen molar-refractivity contribution in [1.82, 2.24) is 0 Å². The monoisotopic (exact) mass is 774 g/mol. The van der Waals surface area contributed by atoms with Crippen LogP contribution in [0.4, 0.5) is 34.1 Å². The van der Waals surface area contributed by atoms with Crippen LogP contribution in [0.25, 0.3) is 32.7 Å². The Kier molecular flexibility index (Phi) is 8.49. The Bertz CT molecular complexity index is 2510. The van der Waals surface area contributed by atoms with Crippen molar-refractivity contribution in [2.75, 3.05) is 11.5 Å². The molecule has 0 spiro atoms. The van der Waals surface area contributed by atoms with E-state index in [0.717, 1.165) is 14.7 Å². The van der Waals surface area contributed by atoms with E-state index in [1.165, 1.54) is 18.2 Å². The van der Waals surface area contributed by atoms with Crippen molar-refractivity contribution in [2.24, 2.45) is 20.5 Å². The number of fused-ring (bicyclic) bond motifs is 2. The van der Waals surface area contributed by atoms with Gasteiger partial charge in [-0.2, -0.15) is 27.1 Å². The Hall–Kier alpha value is -4.81. The van der Waals surface area contributed by atoms with Crippen molar-refractivity contribution in [3.63, 3.8) is 0 Å². The zero-order chi connectivity index (χ0) is 33.5. The van der Waals surface area contributed by atoms with E-state index in [2.05, 4.69) is 43.0 Å². The molecule has 0 aromatic heterocycles. The first-order chi connectivity index (χ1) is 22.3. The molecule has 0 aliphatic rings. The van der Waals surface area contributed by atoms with Gasteiger partial charge < -0.3 is 11.5 Å². The van der Waals surface area contributed by atoms with E-state index < -0.39 is 20.2 Å². The second-order valence-corrected chi connectivity index (χ2v) is 14.2. The molecule has 0 fully saturated rings. The molecular formula is C32H23IN6O6S2. The zero-order valence-corrected chi connectivity index (χ0v) is 27.8. The molecule has 0 bridgehead atoms. The lowest BCUT2D eigenvalue weighted by Crippen LogP contribution is -2.01. The van der Waals surface area contributed by atoms with Crippen molar-refractivity contribution < 1.29 is 25.9 Å². The molecule has 0 saturated heterocycles. The third kappa shape index (κ3) is 6.56. The van der Waals surface area contributed by atoms with Crippen molar-refractivity contribution in [3.8, 4) is 11.1 Å². The van der Waals surface area contributed by atoms with Crippen LogP contribution >= 0.6 is 22.6 Å².